The topological polar surface area (TPSA) is 96.3 Å². The Morgan fingerprint density at radius 3 is 2.24 bits per heavy atom. The third-order valence-electron chi connectivity index (χ3n) is 7.04. The molecule has 1 rings (SSSR count). The molecule has 0 spiro atoms. The van der Waals surface area contributed by atoms with Crippen LogP contribution in [0.1, 0.15) is 93.9 Å². The van der Waals surface area contributed by atoms with E-state index in [9.17, 15) is 19.8 Å². The summed E-state index contributed by atoms with van der Waals surface area (Å²) in [7, 11) is 1.93. The Bertz CT molecular complexity index is 634. The molecular weight excluding hydrogens is 422 g/mol. The maximum absolute atomic E-state index is 12.9. The van der Waals surface area contributed by atoms with Gasteiger partial charge in [0.05, 0.1) is 11.5 Å². The Balaban J connectivity index is 3.39. The Labute approximate surface area is 201 Å². The molecule has 0 unspecified atom stereocenters. The van der Waals surface area contributed by atoms with Crippen LogP contribution in [-0.2, 0) is 19.1 Å². The summed E-state index contributed by atoms with van der Waals surface area (Å²) in [5.74, 6) is -0.806. The van der Waals surface area contributed by atoms with Crippen molar-refractivity contribution in [3.63, 3.8) is 0 Å². The predicted octanol–water partition coefficient (Wildman–Crippen LogP) is 3.93. The molecule has 194 valence electrons. The molecule has 0 amide bonds. The minimum Gasteiger partial charge on any atom is -0.459 e. The number of esters is 2. The predicted molar refractivity (Wildman–Crippen MR) is 130 cm³/mol. The standard InChI is InChI=1S/C26H49NO6/c1-10-12-22(28)33-23-20(6)27(9)16-18(4)15-25(7,30)14-17(3)13-19(5)24(29)32-21(11-2)26(23,8)31/h17-21,23,30-31H,10-16H2,1-9H3/t17-,18+,19+,20+,21+,23+,25-,26+/m0/s1. The summed E-state index contributed by atoms with van der Waals surface area (Å²) in [6.07, 6.45) is 1.40. The molecule has 0 radical (unpaired) electrons. The first-order valence-electron chi connectivity index (χ1n) is 12.7. The van der Waals surface area contributed by atoms with E-state index in [0.717, 1.165) is 0 Å². The van der Waals surface area contributed by atoms with E-state index in [4.69, 9.17) is 9.47 Å². The number of carbonyl (C=O) groups is 2. The molecule has 0 saturated carbocycles. The van der Waals surface area contributed by atoms with Crippen molar-refractivity contribution in [3.8, 4) is 0 Å². The number of likely N-dealkylation sites (N-methyl/N-ethyl adjacent to an activating group) is 1. The lowest BCUT2D eigenvalue weighted by molar-refractivity contribution is -0.202. The van der Waals surface area contributed by atoms with Gasteiger partial charge in [0.25, 0.3) is 0 Å². The van der Waals surface area contributed by atoms with E-state index in [1.165, 1.54) is 0 Å². The number of hydrogen-bond donors (Lipinski definition) is 2. The summed E-state index contributed by atoms with van der Waals surface area (Å²) in [5, 5.41) is 22.7. The summed E-state index contributed by atoms with van der Waals surface area (Å²) in [5.41, 5.74) is -2.42. The summed E-state index contributed by atoms with van der Waals surface area (Å²) >= 11 is 0. The van der Waals surface area contributed by atoms with Crippen molar-refractivity contribution in [1.29, 1.82) is 0 Å². The van der Waals surface area contributed by atoms with Gasteiger partial charge < -0.3 is 19.7 Å². The molecule has 1 fully saturated rings. The van der Waals surface area contributed by atoms with Crippen molar-refractivity contribution >= 4 is 11.9 Å². The van der Waals surface area contributed by atoms with Crippen LogP contribution < -0.4 is 0 Å². The molecule has 7 heteroatoms. The fourth-order valence-electron chi connectivity index (χ4n) is 5.49. The van der Waals surface area contributed by atoms with E-state index in [1.54, 1.807) is 6.92 Å². The third-order valence-corrected chi connectivity index (χ3v) is 7.04. The van der Waals surface area contributed by atoms with Crippen molar-refractivity contribution in [3.05, 3.63) is 0 Å². The maximum Gasteiger partial charge on any atom is 0.309 e. The van der Waals surface area contributed by atoms with E-state index in [1.807, 2.05) is 48.6 Å². The Morgan fingerprint density at radius 1 is 1.12 bits per heavy atom. The van der Waals surface area contributed by atoms with Gasteiger partial charge in [-0.05, 0) is 71.8 Å². The lowest BCUT2D eigenvalue weighted by Crippen LogP contribution is -2.60. The third kappa shape index (κ3) is 8.84. The average Bonchev–Trinajstić information content (AvgIpc) is 2.67. The molecule has 1 aliphatic rings. The van der Waals surface area contributed by atoms with Gasteiger partial charge in [0.15, 0.2) is 0 Å². The lowest BCUT2D eigenvalue weighted by Gasteiger charge is -2.43. The fraction of sp³-hybridized carbons (Fsp3) is 0.923. The highest BCUT2D eigenvalue weighted by Gasteiger charge is 2.48. The quantitative estimate of drug-likeness (QED) is 0.600. The van der Waals surface area contributed by atoms with Crippen LogP contribution >= 0.6 is 0 Å². The van der Waals surface area contributed by atoms with Gasteiger partial charge in [-0.1, -0.05) is 34.6 Å². The first kappa shape index (κ1) is 29.9. The lowest BCUT2D eigenvalue weighted by atomic mass is 9.82. The fourth-order valence-corrected chi connectivity index (χ4v) is 5.49. The molecule has 0 aliphatic carbocycles. The molecule has 1 aliphatic heterocycles. The molecule has 1 saturated heterocycles. The maximum atomic E-state index is 12.9. The van der Waals surface area contributed by atoms with Crippen LogP contribution in [0, 0.1) is 17.8 Å². The first-order chi connectivity index (χ1) is 15.1. The molecule has 2 N–H and O–H groups in total. The molecule has 1 heterocycles. The smallest absolute Gasteiger partial charge is 0.309 e. The van der Waals surface area contributed by atoms with Gasteiger partial charge in [0.2, 0.25) is 0 Å². The van der Waals surface area contributed by atoms with Crippen molar-refractivity contribution in [1.82, 2.24) is 4.90 Å². The van der Waals surface area contributed by atoms with Crippen LogP contribution in [0.2, 0.25) is 0 Å². The Hall–Kier alpha value is -1.18. The number of rotatable bonds is 4. The van der Waals surface area contributed by atoms with E-state index in [-0.39, 0.29) is 42.2 Å². The number of ether oxygens (including phenoxy) is 2. The largest absolute Gasteiger partial charge is 0.459 e. The second kappa shape index (κ2) is 12.5. The van der Waals surface area contributed by atoms with Gasteiger partial charge in [-0.15, -0.1) is 0 Å². The summed E-state index contributed by atoms with van der Waals surface area (Å²) in [6.45, 7) is 15.8. The molecule has 0 aromatic heterocycles. The van der Waals surface area contributed by atoms with Gasteiger partial charge in [-0.3, -0.25) is 14.5 Å². The highest BCUT2D eigenvalue weighted by atomic mass is 16.6. The van der Waals surface area contributed by atoms with Crippen LogP contribution in [0.25, 0.3) is 0 Å². The number of carbonyl (C=O) groups excluding carboxylic acids is 2. The molecule has 0 bridgehead atoms. The van der Waals surface area contributed by atoms with Crippen molar-refractivity contribution in [2.75, 3.05) is 13.6 Å². The van der Waals surface area contributed by atoms with Gasteiger partial charge in [0, 0.05) is 19.0 Å². The second-order valence-corrected chi connectivity index (χ2v) is 11.2. The molecule has 0 aromatic rings. The zero-order valence-electron chi connectivity index (χ0n) is 22.4. The monoisotopic (exact) mass is 471 g/mol. The molecule has 0 aromatic carbocycles. The molecule has 7 nitrogen and oxygen atoms in total. The van der Waals surface area contributed by atoms with E-state index in [2.05, 4.69) is 11.8 Å². The highest BCUT2D eigenvalue weighted by Crippen LogP contribution is 2.32. The van der Waals surface area contributed by atoms with E-state index < -0.39 is 23.4 Å². The summed E-state index contributed by atoms with van der Waals surface area (Å²) in [4.78, 5) is 27.5. The highest BCUT2D eigenvalue weighted by molar-refractivity contribution is 5.72. The number of nitrogens with zero attached hydrogens (tertiary/aromatic N) is 1. The van der Waals surface area contributed by atoms with Crippen LogP contribution in [0.5, 0.6) is 0 Å². The second-order valence-electron chi connectivity index (χ2n) is 11.2. The van der Waals surface area contributed by atoms with Crippen molar-refractivity contribution in [2.45, 2.75) is 123 Å². The number of cyclic esters (lactones) is 1. The van der Waals surface area contributed by atoms with E-state index >= 15 is 0 Å². The SMILES string of the molecule is CCCC(=O)O[C@@H]1[C@@H](C)N(C)C[C@H](C)C[C@@](C)(O)C[C@@H](C)C[C@@H](C)C(=O)O[C@H](CC)[C@@]1(C)O. The minimum atomic E-state index is -1.57. The zero-order valence-corrected chi connectivity index (χ0v) is 22.4. The zero-order chi connectivity index (χ0) is 25.6. The molecular formula is C26H49NO6. The van der Waals surface area contributed by atoms with Crippen LogP contribution in [-0.4, -0.2) is 70.1 Å². The summed E-state index contributed by atoms with van der Waals surface area (Å²) < 4.78 is 11.6. The molecule has 33 heavy (non-hydrogen) atoms. The van der Waals surface area contributed by atoms with E-state index in [0.29, 0.717) is 38.6 Å². The van der Waals surface area contributed by atoms with Gasteiger partial charge >= 0.3 is 11.9 Å². The van der Waals surface area contributed by atoms with Crippen LogP contribution in [0.4, 0.5) is 0 Å². The normalized spacial score (nSPS) is 40.4. The van der Waals surface area contributed by atoms with Crippen LogP contribution in [0.3, 0.4) is 0 Å². The molecule has 8 atom stereocenters. The van der Waals surface area contributed by atoms with Gasteiger partial charge in [0.1, 0.15) is 17.8 Å². The number of aliphatic hydroxyl groups is 2. The van der Waals surface area contributed by atoms with Gasteiger partial charge in [-0.2, -0.15) is 0 Å². The number of hydrogen-bond acceptors (Lipinski definition) is 7. The van der Waals surface area contributed by atoms with Crippen molar-refractivity contribution in [2.24, 2.45) is 17.8 Å². The minimum absolute atomic E-state index is 0.139. The Kier molecular flexibility index (Phi) is 11.3. The first-order valence-corrected chi connectivity index (χ1v) is 12.7. The average molecular weight is 472 g/mol. The Morgan fingerprint density at radius 2 is 1.70 bits per heavy atom. The van der Waals surface area contributed by atoms with Gasteiger partial charge in [-0.25, -0.2) is 0 Å². The summed E-state index contributed by atoms with van der Waals surface area (Å²) in [6, 6.07) is -0.331. The van der Waals surface area contributed by atoms with Crippen LogP contribution in [0.15, 0.2) is 0 Å². The van der Waals surface area contributed by atoms with Crippen molar-refractivity contribution < 1.29 is 29.3 Å².